The van der Waals surface area contributed by atoms with E-state index < -0.39 is 11.4 Å². The zero-order valence-electron chi connectivity index (χ0n) is 8.16. The first-order valence-corrected chi connectivity index (χ1v) is 4.92. The number of nitrogens with zero attached hydrogens (tertiary/aromatic N) is 1. The molecule has 0 amide bonds. The molecular weight excluding hydrogens is 218 g/mol. The number of hydrogen-bond acceptors (Lipinski definition) is 3. The molecule has 15 heavy (non-hydrogen) atoms. The molecule has 1 saturated carbocycles. The Morgan fingerprint density at radius 1 is 1.67 bits per heavy atom. The maximum absolute atomic E-state index is 11.2. The molecule has 0 aliphatic heterocycles. The van der Waals surface area contributed by atoms with Crippen LogP contribution in [0.25, 0.3) is 0 Å². The topological polar surface area (TPSA) is 59.4 Å². The van der Waals surface area contributed by atoms with E-state index in [1.54, 1.807) is 6.07 Å². The Labute approximate surface area is 91.8 Å². The zero-order chi connectivity index (χ0) is 11.1. The van der Waals surface area contributed by atoms with Crippen molar-refractivity contribution < 1.29 is 14.6 Å². The summed E-state index contributed by atoms with van der Waals surface area (Å²) in [5.74, 6) is -0.557. The molecule has 1 aromatic rings. The van der Waals surface area contributed by atoms with E-state index in [2.05, 4.69) is 4.98 Å². The molecule has 1 aliphatic rings. The van der Waals surface area contributed by atoms with Crippen molar-refractivity contribution in [3.8, 4) is 5.88 Å². The van der Waals surface area contributed by atoms with E-state index >= 15 is 0 Å². The van der Waals surface area contributed by atoms with Crippen LogP contribution in [-0.2, 0) is 10.2 Å². The van der Waals surface area contributed by atoms with Crippen molar-refractivity contribution in [3.05, 3.63) is 22.8 Å². The van der Waals surface area contributed by atoms with Gasteiger partial charge in [-0.2, -0.15) is 0 Å². The van der Waals surface area contributed by atoms with Gasteiger partial charge >= 0.3 is 5.97 Å². The second-order valence-electron chi connectivity index (χ2n) is 3.56. The van der Waals surface area contributed by atoms with E-state index in [4.69, 9.17) is 21.4 Å². The first-order valence-electron chi connectivity index (χ1n) is 4.54. The van der Waals surface area contributed by atoms with Crippen LogP contribution in [0.15, 0.2) is 12.3 Å². The maximum atomic E-state index is 11.2. The minimum Gasteiger partial charge on any atom is -0.481 e. The quantitative estimate of drug-likeness (QED) is 0.856. The van der Waals surface area contributed by atoms with Gasteiger partial charge in [-0.15, -0.1) is 0 Å². The van der Waals surface area contributed by atoms with Gasteiger partial charge in [0.1, 0.15) is 0 Å². The number of aromatic nitrogens is 1. The van der Waals surface area contributed by atoms with Gasteiger partial charge in [0.05, 0.1) is 23.1 Å². The third-order valence-electron chi connectivity index (χ3n) is 2.70. The minimum absolute atomic E-state index is 0.308. The van der Waals surface area contributed by atoms with Crippen LogP contribution in [0.4, 0.5) is 0 Å². The summed E-state index contributed by atoms with van der Waals surface area (Å²) in [4.78, 5) is 15.1. The molecule has 4 nitrogen and oxygen atoms in total. The number of methoxy groups -OCH3 is 1. The lowest BCUT2D eigenvalue weighted by atomic mass is 9.97. The lowest BCUT2D eigenvalue weighted by Crippen LogP contribution is -2.21. The number of carboxylic acid groups (broad SMARTS) is 1. The number of carbonyl (C=O) groups is 1. The molecule has 2 rings (SSSR count). The molecule has 0 radical (unpaired) electrons. The van der Waals surface area contributed by atoms with Gasteiger partial charge in [-0.1, -0.05) is 11.6 Å². The number of aliphatic carboxylic acids is 1. The summed E-state index contributed by atoms with van der Waals surface area (Å²) in [6.45, 7) is 0. The Bertz CT molecular complexity index is 415. The average molecular weight is 228 g/mol. The first kappa shape index (κ1) is 10.2. The molecule has 0 bridgehead atoms. The fourth-order valence-electron chi connectivity index (χ4n) is 1.70. The minimum atomic E-state index is -0.878. The van der Waals surface area contributed by atoms with Crippen LogP contribution in [0.5, 0.6) is 5.88 Å². The molecule has 1 N–H and O–H groups in total. The number of ether oxygens (including phenoxy) is 1. The summed E-state index contributed by atoms with van der Waals surface area (Å²) in [7, 11) is 1.46. The number of pyridine rings is 1. The third kappa shape index (κ3) is 1.45. The molecule has 5 heteroatoms. The fraction of sp³-hybridized carbons (Fsp3) is 0.400. The molecule has 80 valence electrons. The number of rotatable bonds is 3. The van der Waals surface area contributed by atoms with Crippen molar-refractivity contribution in [1.29, 1.82) is 0 Å². The first-order chi connectivity index (χ1) is 7.12. The number of halogens is 1. The summed E-state index contributed by atoms with van der Waals surface area (Å²) in [5, 5.41) is 9.56. The second kappa shape index (κ2) is 3.38. The van der Waals surface area contributed by atoms with E-state index in [9.17, 15) is 4.79 Å². The zero-order valence-corrected chi connectivity index (χ0v) is 8.91. The summed E-state index contributed by atoms with van der Waals surface area (Å²) < 4.78 is 5.04. The highest BCUT2D eigenvalue weighted by Crippen LogP contribution is 2.53. The highest BCUT2D eigenvalue weighted by atomic mass is 35.5. The van der Waals surface area contributed by atoms with Gasteiger partial charge < -0.3 is 9.84 Å². The molecule has 1 aromatic heterocycles. The second-order valence-corrected chi connectivity index (χ2v) is 3.97. The van der Waals surface area contributed by atoms with E-state index in [0.717, 1.165) is 0 Å². The number of carboxylic acids is 1. The summed E-state index contributed by atoms with van der Waals surface area (Å²) >= 11 is 5.99. The van der Waals surface area contributed by atoms with Crippen LogP contribution in [-0.4, -0.2) is 23.2 Å². The Balaban J connectivity index is 2.56. The molecule has 0 atom stereocenters. The van der Waals surface area contributed by atoms with Crippen LogP contribution in [0.1, 0.15) is 18.4 Å². The standard InChI is InChI=1S/C10H10ClNO3/c1-15-8-7(6(11)2-5-12-8)10(3-4-10)9(13)14/h2,5H,3-4H2,1H3,(H,13,14). The predicted molar refractivity (Wildman–Crippen MR) is 54.3 cm³/mol. The molecule has 1 heterocycles. The molecule has 0 saturated heterocycles. The number of hydrogen-bond donors (Lipinski definition) is 1. The molecule has 0 spiro atoms. The predicted octanol–water partition coefficient (Wildman–Crippen LogP) is 1.86. The van der Waals surface area contributed by atoms with Gasteiger partial charge in [0.2, 0.25) is 5.88 Å². The van der Waals surface area contributed by atoms with Crippen molar-refractivity contribution in [2.75, 3.05) is 7.11 Å². The molecule has 0 unspecified atom stereocenters. The summed E-state index contributed by atoms with van der Waals surface area (Å²) in [5.41, 5.74) is -0.377. The van der Waals surface area contributed by atoms with Crippen molar-refractivity contribution in [1.82, 2.24) is 4.98 Å². The smallest absolute Gasteiger partial charge is 0.314 e. The lowest BCUT2D eigenvalue weighted by Gasteiger charge is -2.14. The normalized spacial score (nSPS) is 17.2. The SMILES string of the molecule is COc1nccc(Cl)c1C1(C(=O)O)CC1. The van der Waals surface area contributed by atoms with Crippen molar-refractivity contribution in [3.63, 3.8) is 0 Å². The Morgan fingerprint density at radius 3 is 2.80 bits per heavy atom. The van der Waals surface area contributed by atoms with Gasteiger partial charge in [-0.3, -0.25) is 4.79 Å². The van der Waals surface area contributed by atoms with E-state index in [0.29, 0.717) is 29.3 Å². The fourth-order valence-corrected chi connectivity index (χ4v) is 2.02. The Kier molecular flexibility index (Phi) is 2.31. The molecular formula is C10H10ClNO3. The van der Waals surface area contributed by atoms with Gasteiger partial charge in [0, 0.05) is 6.20 Å². The van der Waals surface area contributed by atoms with E-state index in [-0.39, 0.29) is 0 Å². The van der Waals surface area contributed by atoms with Gasteiger partial charge in [-0.05, 0) is 18.9 Å². The summed E-state index contributed by atoms with van der Waals surface area (Å²) in [6.07, 6.45) is 2.68. The third-order valence-corrected chi connectivity index (χ3v) is 3.01. The van der Waals surface area contributed by atoms with Crippen molar-refractivity contribution >= 4 is 17.6 Å². The monoisotopic (exact) mass is 227 g/mol. The van der Waals surface area contributed by atoms with Crippen LogP contribution in [0, 0.1) is 0 Å². The van der Waals surface area contributed by atoms with Crippen LogP contribution >= 0.6 is 11.6 Å². The van der Waals surface area contributed by atoms with Gasteiger partial charge in [-0.25, -0.2) is 4.98 Å². The van der Waals surface area contributed by atoms with E-state index in [1.165, 1.54) is 13.3 Å². The molecule has 0 aromatic carbocycles. The van der Waals surface area contributed by atoms with Crippen molar-refractivity contribution in [2.45, 2.75) is 18.3 Å². The van der Waals surface area contributed by atoms with Crippen LogP contribution in [0.3, 0.4) is 0 Å². The van der Waals surface area contributed by atoms with Crippen LogP contribution < -0.4 is 4.74 Å². The Morgan fingerprint density at radius 2 is 2.33 bits per heavy atom. The highest BCUT2D eigenvalue weighted by Gasteiger charge is 2.55. The van der Waals surface area contributed by atoms with Gasteiger partial charge in [0.25, 0.3) is 0 Å². The lowest BCUT2D eigenvalue weighted by molar-refractivity contribution is -0.140. The average Bonchev–Trinajstić information content (AvgIpc) is 2.98. The highest BCUT2D eigenvalue weighted by molar-refractivity contribution is 6.32. The van der Waals surface area contributed by atoms with Gasteiger partial charge in [0.15, 0.2) is 0 Å². The van der Waals surface area contributed by atoms with Crippen LogP contribution in [0.2, 0.25) is 5.02 Å². The summed E-state index contributed by atoms with van der Waals surface area (Å²) in [6, 6.07) is 1.59. The van der Waals surface area contributed by atoms with Crippen molar-refractivity contribution in [2.24, 2.45) is 0 Å². The largest absolute Gasteiger partial charge is 0.481 e. The molecule has 1 fully saturated rings. The van der Waals surface area contributed by atoms with E-state index in [1.807, 2.05) is 0 Å². The molecule has 1 aliphatic carbocycles. The Hall–Kier alpha value is -1.29. The maximum Gasteiger partial charge on any atom is 0.314 e.